The Kier molecular flexibility index (Phi) is 3.37. The fourth-order valence-electron chi connectivity index (χ4n) is 2.43. The lowest BCUT2D eigenvalue weighted by molar-refractivity contribution is -0.121. The third-order valence-corrected chi connectivity index (χ3v) is 3.96. The van der Waals surface area contributed by atoms with Gasteiger partial charge in [0.15, 0.2) is 10.4 Å². The predicted octanol–water partition coefficient (Wildman–Crippen LogP) is 1.89. The van der Waals surface area contributed by atoms with Crippen molar-refractivity contribution in [2.24, 2.45) is 0 Å². The SMILES string of the molecule is CCn1nc(C)c2[nH]c(=S)n(CCC(=O)NC3CC3)c21. The minimum atomic E-state index is 0.100. The van der Waals surface area contributed by atoms with E-state index in [-0.39, 0.29) is 5.91 Å². The molecule has 2 aromatic heterocycles. The van der Waals surface area contributed by atoms with Crippen LogP contribution < -0.4 is 5.32 Å². The standard InChI is InChI=1S/C13H19N5OS/c1-3-18-12-11(8(2)16-18)15-13(20)17(12)7-6-10(19)14-9-4-5-9/h9H,3-7H2,1-2H3,(H,14,19)(H,15,20). The number of aromatic amines is 1. The molecule has 2 aromatic rings. The van der Waals surface area contributed by atoms with E-state index < -0.39 is 0 Å². The van der Waals surface area contributed by atoms with Gasteiger partial charge in [-0.25, -0.2) is 4.68 Å². The van der Waals surface area contributed by atoms with Gasteiger partial charge in [-0.05, 0) is 38.9 Å². The number of fused-ring (bicyclic) bond motifs is 1. The van der Waals surface area contributed by atoms with Crippen LogP contribution in [0, 0.1) is 11.7 Å². The molecule has 6 nitrogen and oxygen atoms in total. The fourth-order valence-corrected chi connectivity index (χ4v) is 2.71. The number of aryl methyl sites for hydroxylation is 3. The van der Waals surface area contributed by atoms with E-state index in [0.717, 1.165) is 36.2 Å². The average Bonchev–Trinajstić information content (AvgIpc) is 3.08. The number of aromatic nitrogens is 4. The number of amides is 1. The summed E-state index contributed by atoms with van der Waals surface area (Å²) >= 11 is 5.36. The maximum absolute atomic E-state index is 11.8. The summed E-state index contributed by atoms with van der Waals surface area (Å²) in [5.74, 6) is 0.100. The molecule has 0 aromatic carbocycles. The van der Waals surface area contributed by atoms with Gasteiger partial charge in [0.25, 0.3) is 0 Å². The van der Waals surface area contributed by atoms with E-state index in [9.17, 15) is 4.79 Å². The van der Waals surface area contributed by atoms with Crippen molar-refractivity contribution in [2.75, 3.05) is 0 Å². The highest BCUT2D eigenvalue weighted by atomic mass is 32.1. The van der Waals surface area contributed by atoms with E-state index in [1.807, 2.05) is 23.1 Å². The lowest BCUT2D eigenvalue weighted by atomic mass is 10.3. The van der Waals surface area contributed by atoms with Gasteiger partial charge < -0.3 is 14.9 Å². The first kappa shape index (κ1) is 13.4. The Labute approximate surface area is 122 Å². The minimum absolute atomic E-state index is 0.100. The smallest absolute Gasteiger partial charge is 0.222 e. The van der Waals surface area contributed by atoms with Gasteiger partial charge in [0.1, 0.15) is 5.52 Å². The quantitative estimate of drug-likeness (QED) is 0.827. The molecule has 108 valence electrons. The Morgan fingerprint density at radius 2 is 2.30 bits per heavy atom. The van der Waals surface area contributed by atoms with Gasteiger partial charge >= 0.3 is 0 Å². The van der Waals surface area contributed by atoms with Crippen LogP contribution in [0.2, 0.25) is 0 Å². The molecular formula is C13H19N5OS. The van der Waals surface area contributed by atoms with Crippen LogP contribution in [0.5, 0.6) is 0 Å². The van der Waals surface area contributed by atoms with Crippen molar-refractivity contribution >= 4 is 29.3 Å². The van der Waals surface area contributed by atoms with Crippen LogP contribution >= 0.6 is 12.2 Å². The van der Waals surface area contributed by atoms with E-state index in [1.54, 1.807) is 0 Å². The van der Waals surface area contributed by atoms with E-state index in [0.29, 0.717) is 23.8 Å². The third-order valence-electron chi connectivity index (χ3n) is 3.64. The highest BCUT2D eigenvalue weighted by molar-refractivity contribution is 7.71. The Hall–Kier alpha value is -1.63. The molecule has 2 heterocycles. The number of hydrogen-bond acceptors (Lipinski definition) is 3. The van der Waals surface area contributed by atoms with Gasteiger partial charge in [-0.1, -0.05) is 0 Å². The molecule has 0 spiro atoms. The van der Waals surface area contributed by atoms with E-state index in [2.05, 4.69) is 15.4 Å². The van der Waals surface area contributed by atoms with Crippen molar-refractivity contribution in [3.63, 3.8) is 0 Å². The number of carbonyl (C=O) groups excluding carboxylic acids is 1. The molecule has 0 bridgehead atoms. The molecule has 1 saturated carbocycles. The molecule has 1 aliphatic carbocycles. The second-order valence-electron chi connectivity index (χ2n) is 5.27. The number of H-pyrrole nitrogens is 1. The summed E-state index contributed by atoms with van der Waals surface area (Å²) in [5, 5.41) is 7.47. The van der Waals surface area contributed by atoms with Crippen molar-refractivity contribution in [3.8, 4) is 0 Å². The van der Waals surface area contributed by atoms with Crippen molar-refractivity contribution in [1.82, 2.24) is 24.6 Å². The first-order valence-corrected chi connectivity index (χ1v) is 7.46. The Bertz CT molecular complexity index is 706. The lowest BCUT2D eigenvalue weighted by Gasteiger charge is -2.06. The van der Waals surface area contributed by atoms with Crippen LogP contribution in [-0.2, 0) is 17.9 Å². The Balaban J connectivity index is 1.84. The van der Waals surface area contributed by atoms with Crippen LogP contribution in [0.15, 0.2) is 0 Å². The topological polar surface area (TPSA) is 67.6 Å². The summed E-state index contributed by atoms with van der Waals surface area (Å²) < 4.78 is 4.55. The van der Waals surface area contributed by atoms with Crippen LogP contribution in [-0.4, -0.2) is 31.3 Å². The zero-order chi connectivity index (χ0) is 14.3. The van der Waals surface area contributed by atoms with Crippen LogP contribution in [0.4, 0.5) is 0 Å². The molecule has 0 radical (unpaired) electrons. The molecule has 0 saturated heterocycles. The first-order chi connectivity index (χ1) is 9.60. The number of nitrogens with one attached hydrogen (secondary N) is 2. The zero-order valence-corrected chi connectivity index (χ0v) is 12.6. The average molecular weight is 293 g/mol. The largest absolute Gasteiger partial charge is 0.353 e. The highest BCUT2D eigenvalue weighted by Crippen LogP contribution is 2.20. The summed E-state index contributed by atoms with van der Waals surface area (Å²) in [5.41, 5.74) is 2.89. The second kappa shape index (κ2) is 5.05. The molecule has 0 aliphatic heterocycles. The van der Waals surface area contributed by atoms with Gasteiger partial charge in [-0.15, -0.1) is 0 Å². The molecule has 0 atom stereocenters. The van der Waals surface area contributed by atoms with Crippen molar-refractivity contribution in [3.05, 3.63) is 10.5 Å². The first-order valence-electron chi connectivity index (χ1n) is 7.05. The Morgan fingerprint density at radius 3 is 2.95 bits per heavy atom. The van der Waals surface area contributed by atoms with E-state index >= 15 is 0 Å². The number of imidazole rings is 1. The molecule has 1 amide bonds. The fraction of sp³-hybridized carbons (Fsp3) is 0.615. The van der Waals surface area contributed by atoms with Crippen LogP contribution in [0.1, 0.15) is 31.9 Å². The lowest BCUT2D eigenvalue weighted by Crippen LogP contribution is -2.26. The van der Waals surface area contributed by atoms with E-state index in [4.69, 9.17) is 12.2 Å². The third kappa shape index (κ3) is 2.37. The van der Waals surface area contributed by atoms with Gasteiger partial charge in [0, 0.05) is 25.6 Å². The number of carbonyl (C=O) groups is 1. The van der Waals surface area contributed by atoms with Gasteiger partial charge in [0.05, 0.1) is 5.69 Å². The Morgan fingerprint density at radius 1 is 1.55 bits per heavy atom. The van der Waals surface area contributed by atoms with Crippen LogP contribution in [0.3, 0.4) is 0 Å². The van der Waals surface area contributed by atoms with Gasteiger partial charge in [-0.2, -0.15) is 5.10 Å². The van der Waals surface area contributed by atoms with Crippen molar-refractivity contribution in [2.45, 2.75) is 52.2 Å². The molecule has 1 aliphatic rings. The molecule has 2 N–H and O–H groups in total. The molecule has 20 heavy (non-hydrogen) atoms. The number of rotatable bonds is 5. The monoisotopic (exact) mass is 293 g/mol. The molecular weight excluding hydrogens is 274 g/mol. The van der Waals surface area contributed by atoms with Crippen molar-refractivity contribution < 1.29 is 4.79 Å². The summed E-state index contributed by atoms with van der Waals surface area (Å²) in [6, 6.07) is 0.408. The maximum atomic E-state index is 11.8. The molecule has 7 heteroatoms. The van der Waals surface area contributed by atoms with Gasteiger partial charge in [-0.3, -0.25) is 4.79 Å². The normalized spacial score (nSPS) is 14.9. The summed E-state index contributed by atoms with van der Waals surface area (Å²) in [6.45, 7) is 5.38. The van der Waals surface area contributed by atoms with E-state index in [1.165, 1.54) is 0 Å². The van der Waals surface area contributed by atoms with Crippen LogP contribution in [0.25, 0.3) is 11.2 Å². The zero-order valence-electron chi connectivity index (χ0n) is 11.8. The molecule has 0 unspecified atom stereocenters. The number of nitrogens with zero attached hydrogens (tertiary/aromatic N) is 3. The maximum Gasteiger partial charge on any atom is 0.222 e. The van der Waals surface area contributed by atoms with Crippen molar-refractivity contribution in [1.29, 1.82) is 0 Å². The second-order valence-corrected chi connectivity index (χ2v) is 5.66. The number of hydrogen-bond donors (Lipinski definition) is 2. The van der Waals surface area contributed by atoms with Gasteiger partial charge in [0.2, 0.25) is 5.91 Å². The minimum Gasteiger partial charge on any atom is -0.353 e. The summed E-state index contributed by atoms with van der Waals surface area (Å²) in [4.78, 5) is 15.0. The summed E-state index contributed by atoms with van der Waals surface area (Å²) in [6.07, 6.45) is 2.68. The predicted molar refractivity (Wildman–Crippen MR) is 79.1 cm³/mol. The highest BCUT2D eigenvalue weighted by Gasteiger charge is 2.23. The molecule has 1 fully saturated rings. The summed E-state index contributed by atoms with van der Waals surface area (Å²) in [7, 11) is 0. The molecule has 3 rings (SSSR count).